The maximum Gasteiger partial charge on any atom is 0.240 e. The molecule has 0 unspecified atom stereocenters. The second kappa shape index (κ2) is 7.29. The molecular formula is C16H20N2OS. The summed E-state index contributed by atoms with van der Waals surface area (Å²) in [7, 11) is 0. The van der Waals surface area contributed by atoms with E-state index in [1.54, 1.807) is 24.2 Å². The fraction of sp³-hybridized carbons (Fsp3) is 0.375. The summed E-state index contributed by atoms with van der Waals surface area (Å²) in [6, 6.07) is 8.30. The van der Waals surface area contributed by atoms with Crippen LogP contribution in [0.4, 0.5) is 0 Å². The summed E-state index contributed by atoms with van der Waals surface area (Å²) in [5, 5.41) is 0. The summed E-state index contributed by atoms with van der Waals surface area (Å²) >= 11 is 1.73. The highest BCUT2D eigenvalue weighted by molar-refractivity contribution is 7.98. The molecule has 0 aliphatic heterocycles. The molecule has 0 fully saturated rings. The van der Waals surface area contributed by atoms with Crippen molar-refractivity contribution in [2.75, 3.05) is 12.9 Å². The van der Waals surface area contributed by atoms with E-state index in [1.165, 1.54) is 4.90 Å². The molecule has 3 nitrogen and oxygen atoms in total. The molecule has 0 amide bonds. The Hall–Kier alpha value is -1.55. The van der Waals surface area contributed by atoms with Gasteiger partial charge in [-0.15, -0.1) is 11.8 Å². The van der Waals surface area contributed by atoms with Crippen LogP contribution >= 0.6 is 11.8 Å². The Morgan fingerprint density at radius 1 is 1.10 bits per heavy atom. The van der Waals surface area contributed by atoms with Crippen LogP contribution in [0, 0.1) is 5.92 Å². The average molecular weight is 288 g/mol. The second-order valence-corrected chi connectivity index (χ2v) is 5.85. The van der Waals surface area contributed by atoms with Crippen molar-refractivity contribution in [1.82, 2.24) is 9.97 Å². The van der Waals surface area contributed by atoms with Crippen LogP contribution < -0.4 is 4.74 Å². The Labute approximate surface area is 124 Å². The molecule has 0 aliphatic rings. The molecule has 0 N–H and O–H groups in total. The lowest BCUT2D eigenvalue weighted by Crippen LogP contribution is -2.04. The normalized spacial score (nSPS) is 10.8. The lowest BCUT2D eigenvalue weighted by molar-refractivity contribution is 0.279. The minimum Gasteiger partial charge on any atom is -0.476 e. The van der Waals surface area contributed by atoms with E-state index < -0.39 is 0 Å². The van der Waals surface area contributed by atoms with Gasteiger partial charge in [0.05, 0.1) is 6.61 Å². The van der Waals surface area contributed by atoms with Crippen molar-refractivity contribution in [3.63, 3.8) is 0 Å². The molecule has 1 aromatic carbocycles. The third-order valence-electron chi connectivity index (χ3n) is 2.96. The van der Waals surface area contributed by atoms with Gasteiger partial charge in [0.1, 0.15) is 5.69 Å². The number of rotatable bonds is 6. The third-order valence-corrected chi connectivity index (χ3v) is 3.71. The molecule has 1 heterocycles. The van der Waals surface area contributed by atoms with E-state index >= 15 is 0 Å². The van der Waals surface area contributed by atoms with Gasteiger partial charge in [-0.1, -0.05) is 26.0 Å². The first-order chi connectivity index (χ1) is 9.70. The van der Waals surface area contributed by atoms with Gasteiger partial charge in [-0.25, -0.2) is 9.97 Å². The lowest BCUT2D eigenvalue weighted by atomic mass is 10.1. The van der Waals surface area contributed by atoms with Crippen LogP contribution in [-0.2, 0) is 0 Å². The Kier molecular flexibility index (Phi) is 5.41. The molecule has 20 heavy (non-hydrogen) atoms. The summed E-state index contributed by atoms with van der Waals surface area (Å²) in [6.07, 6.45) is 6.46. The van der Waals surface area contributed by atoms with E-state index in [0.717, 1.165) is 17.7 Å². The summed E-state index contributed by atoms with van der Waals surface area (Å²) in [5.74, 6) is 1.24. The highest BCUT2D eigenvalue weighted by Gasteiger charge is 2.09. The van der Waals surface area contributed by atoms with Crippen LogP contribution in [0.5, 0.6) is 5.88 Å². The van der Waals surface area contributed by atoms with Gasteiger partial charge in [-0.3, -0.25) is 0 Å². The summed E-state index contributed by atoms with van der Waals surface area (Å²) in [5.41, 5.74) is 1.85. The Morgan fingerprint density at radius 2 is 1.80 bits per heavy atom. The first kappa shape index (κ1) is 14.9. The van der Waals surface area contributed by atoms with Gasteiger partial charge in [0.15, 0.2) is 0 Å². The largest absolute Gasteiger partial charge is 0.476 e. The number of hydrogen-bond acceptors (Lipinski definition) is 4. The van der Waals surface area contributed by atoms with Crippen LogP contribution in [-0.4, -0.2) is 22.8 Å². The zero-order valence-corrected chi connectivity index (χ0v) is 13.0. The predicted molar refractivity (Wildman–Crippen MR) is 84.2 cm³/mol. The lowest BCUT2D eigenvalue weighted by Gasteiger charge is -2.10. The van der Waals surface area contributed by atoms with Crippen molar-refractivity contribution in [2.45, 2.75) is 25.2 Å². The highest BCUT2D eigenvalue weighted by atomic mass is 32.2. The first-order valence-electron chi connectivity index (χ1n) is 6.79. The van der Waals surface area contributed by atoms with Gasteiger partial charge in [0, 0.05) is 22.9 Å². The monoisotopic (exact) mass is 288 g/mol. The molecular weight excluding hydrogens is 268 g/mol. The van der Waals surface area contributed by atoms with Gasteiger partial charge in [-0.05, 0) is 30.7 Å². The molecule has 106 valence electrons. The Balaban J connectivity index is 2.17. The van der Waals surface area contributed by atoms with E-state index in [0.29, 0.717) is 18.4 Å². The van der Waals surface area contributed by atoms with Crippen LogP contribution in [0.15, 0.2) is 41.6 Å². The number of nitrogens with zero attached hydrogens (tertiary/aromatic N) is 2. The molecule has 4 heteroatoms. The number of ether oxygens (including phenoxy) is 1. The standard InChI is InChI=1S/C16H20N2OS/c1-12(2)8-11-19-16-15(17-9-10-18-16)13-4-6-14(20-3)7-5-13/h4-7,9-10,12H,8,11H2,1-3H3. The zero-order valence-electron chi connectivity index (χ0n) is 12.2. The Bertz CT molecular complexity index is 540. The summed E-state index contributed by atoms with van der Waals surface area (Å²) in [4.78, 5) is 9.95. The summed E-state index contributed by atoms with van der Waals surface area (Å²) in [6.45, 7) is 5.04. The molecule has 0 saturated carbocycles. The van der Waals surface area contributed by atoms with Gasteiger partial charge >= 0.3 is 0 Å². The maximum absolute atomic E-state index is 5.78. The fourth-order valence-corrected chi connectivity index (χ4v) is 2.18. The fourth-order valence-electron chi connectivity index (χ4n) is 1.77. The molecule has 0 radical (unpaired) electrons. The van der Waals surface area contributed by atoms with Crippen molar-refractivity contribution in [3.8, 4) is 17.1 Å². The van der Waals surface area contributed by atoms with Crippen molar-refractivity contribution >= 4 is 11.8 Å². The van der Waals surface area contributed by atoms with Crippen LogP contribution in [0.1, 0.15) is 20.3 Å². The van der Waals surface area contributed by atoms with E-state index in [-0.39, 0.29) is 0 Å². The predicted octanol–water partition coefficient (Wildman–Crippen LogP) is 4.29. The molecule has 0 bridgehead atoms. The van der Waals surface area contributed by atoms with Gasteiger partial charge < -0.3 is 4.74 Å². The molecule has 0 spiro atoms. The van der Waals surface area contributed by atoms with Crippen LogP contribution in [0.25, 0.3) is 11.3 Å². The first-order valence-corrected chi connectivity index (χ1v) is 8.01. The third kappa shape index (κ3) is 3.97. The Morgan fingerprint density at radius 3 is 2.45 bits per heavy atom. The smallest absolute Gasteiger partial charge is 0.240 e. The van der Waals surface area contributed by atoms with E-state index in [1.807, 2.05) is 0 Å². The average Bonchev–Trinajstić information content (AvgIpc) is 2.47. The van der Waals surface area contributed by atoms with Gasteiger partial charge in [0.25, 0.3) is 0 Å². The SMILES string of the molecule is CSc1ccc(-c2nccnc2OCCC(C)C)cc1. The number of benzene rings is 1. The van der Waals surface area contributed by atoms with E-state index in [9.17, 15) is 0 Å². The van der Waals surface area contributed by atoms with Crippen LogP contribution in [0.2, 0.25) is 0 Å². The molecule has 0 aliphatic carbocycles. The minimum atomic E-state index is 0.616. The zero-order chi connectivity index (χ0) is 14.4. The molecule has 0 atom stereocenters. The minimum absolute atomic E-state index is 0.616. The van der Waals surface area contributed by atoms with Crippen molar-refractivity contribution in [2.24, 2.45) is 5.92 Å². The van der Waals surface area contributed by atoms with Crippen LogP contribution in [0.3, 0.4) is 0 Å². The van der Waals surface area contributed by atoms with Gasteiger partial charge in [-0.2, -0.15) is 0 Å². The molecule has 2 rings (SSSR count). The number of aromatic nitrogens is 2. The number of thioether (sulfide) groups is 1. The second-order valence-electron chi connectivity index (χ2n) is 4.97. The van der Waals surface area contributed by atoms with Gasteiger partial charge in [0.2, 0.25) is 5.88 Å². The quantitative estimate of drug-likeness (QED) is 0.743. The van der Waals surface area contributed by atoms with E-state index in [4.69, 9.17) is 4.74 Å². The van der Waals surface area contributed by atoms with Crippen molar-refractivity contribution in [1.29, 1.82) is 0 Å². The van der Waals surface area contributed by atoms with E-state index in [2.05, 4.69) is 54.3 Å². The number of hydrogen-bond donors (Lipinski definition) is 0. The highest BCUT2D eigenvalue weighted by Crippen LogP contribution is 2.27. The molecule has 1 aromatic heterocycles. The van der Waals surface area contributed by atoms with Crippen molar-refractivity contribution in [3.05, 3.63) is 36.7 Å². The molecule has 2 aromatic rings. The topological polar surface area (TPSA) is 35.0 Å². The summed E-state index contributed by atoms with van der Waals surface area (Å²) < 4.78 is 5.78. The maximum atomic E-state index is 5.78. The van der Waals surface area contributed by atoms with Crippen molar-refractivity contribution < 1.29 is 4.74 Å². The molecule has 0 saturated heterocycles.